The van der Waals surface area contributed by atoms with Crippen molar-refractivity contribution < 1.29 is 33.1 Å². The second-order valence-corrected chi connectivity index (χ2v) is 15.5. The summed E-state index contributed by atoms with van der Waals surface area (Å²) in [5, 5.41) is 3.50. The van der Waals surface area contributed by atoms with Gasteiger partial charge in [0, 0.05) is 30.3 Å². The number of aryl methyl sites for hydroxylation is 1. The molecule has 4 aromatic rings. The Morgan fingerprint density at radius 2 is 1.62 bits per heavy atom. The second kappa shape index (κ2) is 20.5. The van der Waals surface area contributed by atoms with Crippen molar-refractivity contribution in [3.8, 4) is 0 Å². The number of carbonyl (C=O) groups is 4. The molecule has 1 saturated heterocycles. The zero-order valence-corrected chi connectivity index (χ0v) is 32.7. The number of ether oxygens (including phenoxy) is 2. The van der Waals surface area contributed by atoms with Crippen LogP contribution in [0.15, 0.2) is 83.3 Å². The number of Topliss-reactive ketones (excluding diaryl/α,β-unsaturated/α-hetero) is 2. The summed E-state index contributed by atoms with van der Waals surface area (Å²) in [5.41, 5.74) is 8.87. The number of amides is 2. The van der Waals surface area contributed by atoms with Crippen LogP contribution in [0.5, 0.6) is 0 Å². The molecule has 2 aliphatic rings. The Labute approximate surface area is 333 Å². The maximum atomic E-state index is 14.7. The minimum Gasteiger partial charge on any atom is -0.446 e. The van der Waals surface area contributed by atoms with Crippen molar-refractivity contribution in [1.82, 2.24) is 15.2 Å². The smallest absolute Gasteiger partial charge is 0.408 e. The minimum atomic E-state index is -0.929. The summed E-state index contributed by atoms with van der Waals surface area (Å²) < 4.78 is 17.9. The van der Waals surface area contributed by atoms with E-state index in [0.29, 0.717) is 61.2 Å². The van der Waals surface area contributed by atoms with Crippen molar-refractivity contribution in [2.24, 2.45) is 11.7 Å². The highest BCUT2D eigenvalue weighted by atomic mass is 35.5. The number of unbranched alkanes of at least 4 members (excludes halogenated alkanes) is 1. The van der Waals surface area contributed by atoms with Gasteiger partial charge < -0.3 is 29.8 Å². The number of aromatic nitrogens is 1. The van der Waals surface area contributed by atoms with E-state index in [1.54, 1.807) is 35.2 Å². The summed E-state index contributed by atoms with van der Waals surface area (Å²) >= 11 is 6.10. The predicted octanol–water partition coefficient (Wildman–Crippen LogP) is 8.01. The van der Waals surface area contributed by atoms with Crippen LogP contribution in [0.25, 0.3) is 11.1 Å². The number of oxazole rings is 1. The first kappa shape index (κ1) is 41.1. The number of hydrogen-bond acceptors (Lipinski definition) is 9. The van der Waals surface area contributed by atoms with Gasteiger partial charge in [-0.1, -0.05) is 79.0 Å². The molecule has 0 unspecified atom stereocenters. The molecular formula is C44H53ClN4O7. The largest absolute Gasteiger partial charge is 0.446 e. The van der Waals surface area contributed by atoms with Crippen LogP contribution in [0, 0.1) is 5.92 Å². The van der Waals surface area contributed by atoms with Gasteiger partial charge in [0.05, 0.1) is 18.8 Å². The minimum absolute atomic E-state index is 0.0422. The lowest BCUT2D eigenvalue weighted by atomic mass is 9.89. The number of halogens is 1. The van der Waals surface area contributed by atoms with Crippen LogP contribution in [0.3, 0.4) is 0 Å². The van der Waals surface area contributed by atoms with Crippen molar-refractivity contribution in [3.63, 3.8) is 0 Å². The van der Waals surface area contributed by atoms with Crippen LogP contribution >= 0.6 is 11.6 Å². The van der Waals surface area contributed by atoms with Gasteiger partial charge in [-0.2, -0.15) is 0 Å². The quantitative estimate of drug-likeness (QED) is 0.0711. The summed E-state index contributed by atoms with van der Waals surface area (Å²) in [6.07, 6.45) is 6.95. The fraction of sp³-hybridized carbons (Fsp3) is 0.477. The van der Waals surface area contributed by atoms with Gasteiger partial charge in [-0.25, -0.2) is 9.78 Å². The molecule has 0 spiro atoms. The van der Waals surface area contributed by atoms with Crippen LogP contribution in [0.4, 0.5) is 4.79 Å². The number of nitrogens with two attached hydrogens (primary N) is 1. The number of nitrogens with one attached hydrogen (secondary N) is 1. The van der Waals surface area contributed by atoms with Crippen molar-refractivity contribution in [2.75, 3.05) is 13.1 Å². The summed E-state index contributed by atoms with van der Waals surface area (Å²) in [6, 6.07) is 22.6. The Kier molecular flexibility index (Phi) is 15.1. The molecule has 1 saturated carbocycles. The third kappa shape index (κ3) is 11.5. The number of rotatable bonds is 19. The molecule has 11 nitrogen and oxygen atoms in total. The van der Waals surface area contributed by atoms with E-state index in [0.717, 1.165) is 43.2 Å². The summed E-state index contributed by atoms with van der Waals surface area (Å²) in [7, 11) is 0. The molecule has 1 aliphatic carbocycles. The van der Waals surface area contributed by atoms with Gasteiger partial charge in [-0.15, -0.1) is 0 Å². The molecule has 0 radical (unpaired) electrons. The van der Waals surface area contributed by atoms with Gasteiger partial charge in [0.2, 0.25) is 11.7 Å². The first-order chi connectivity index (χ1) is 27.3. The molecule has 0 bridgehead atoms. The maximum absolute atomic E-state index is 14.7. The van der Waals surface area contributed by atoms with Crippen LogP contribution in [-0.4, -0.2) is 70.8 Å². The van der Waals surface area contributed by atoms with Crippen LogP contribution < -0.4 is 11.1 Å². The van der Waals surface area contributed by atoms with E-state index >= 15 is 0 Å². The van der Waals surface area contributed by atoms with Crippen LogP contribution in [0.2, 0.25) is 5.02 Å². The van der Waals surface area contributed by atoms with Gasteiger partial charge in [-0.05, 0) is 99.7 Å². The number of ketones is 2. The van der Waals surface area contributed by atoms with Gasteiger partial charge >= 0.3 is 6.09 Å². The number of alkyl carbamates (subject to hydrolysis) is 1. The normalized spacial score (nSPS) is 18.4. The van der Waals surface area contributed by atoms with Crippen LogP contribution in [0.1, 0.15) is 98.9 Å². The number of nitrogens with zero attached hydrogens (tertiary/aromatic N) is 2. The zero-order chi connectivity index (χ0) is 39.3. The molecule has 3 N–H and O–H groups in total. The SMILES string of the molecule is NCCCC[C@H](CC(=O)[C@@H]1C[C@@H](OCc2ccc(Cl)cc2)CN1C(=O)[C@@H](CCCc1ccccc1)NC(=O)OC1CCCCC1)C(=O)c1nc2ccccc2o1. The number of benzene rings is 3. The molecular weight excluding hydrogens is 732 g/mol. The Bertz CT molecular complexity index is 1860. The van der Waals surface area contributed by atoms with E-state index in [-0.39, 0.29) is 55.5 Å². The molecule has 298 valence electrons. The van der Waals surface area contributed by atoms with Gasteiger partial charge in [0.25, 0.3) is 5.89 Å². The number of hydrogen-bond donors (Lipinski definition) is 2. The fourth-order valence-corrected chi connectivity index (χ4v) is 7.90. The standard InChI is InChI=1S/C44H53ClN4O7/c45-33-23-21-31(22-24-33)29-54-35-27-38(39(50)26-32(15-9-10-25-46)41(51)42-47-36-18-7-8-20-40(36)56-42)49(28-35)43(52)37(19-11-14-30-12-3-1-4-13-30)48-44(53)55-34-16-5-2-6-17-34/h1,3-4,7-8,12-13,18,20-24,32,34-35,37-38H,2,5-6,9-11,14-17,19,25-29,46H2,(H,48,53)/t32-,35-,37-,38+/m1/s1. The highest BCUT2D eigenvalue weighted by Gasteiger charge is 2.43. The Morgan fingerprint density at radius 3 is 2.38 bits per heavy atom. The fourth-order valence-electron chi connectivity index (χ4n) is 7.78. The van der Waals surface area contributed by atoms with E-state index in [2.05, 4.69) is 10.3 Å². The number of carbonyl (C=O) groups excluding carboxylic acids is 4. The topological polar surface area (TPSA) is 154 Å². The molecule has 2 fully saturated rings. The Balaban J connectivity index is 1.22. The number of likely N-dealkylation sites (tertiary alicyclic amines) is 1. The zero-order valence-electron chi connectivity index (χ0n) is 31.9. The van der Waals surface area contributed by atoms with Crippen LogP contribution in [-0.2, 0) is 32.1 Å². The third-order valence-electron chi connectivity index (χ3n) is 10.9. The lowest BCUT2D eigenvalue weighted by Gasteiger charge is -2.30. The highest BCUT2D eigenvalue weighted by molar-refractivity contribution is 6.30. The molecule has 12 heteroatoms. The van der Waals surface area contributed by atoms with E-state index in [9.17, 15) is 19.2 Å². The van der Waals surface area contributed by atoms with E-state index < -0.39 is 30.2 Å². The number of para-hydroxylation sites is 2. The Morgan fingerprint density at radius 1 is 0.875 bits per heavy atom. The molecule has 3 aromatic carbocycles. The Hall–Kier alpha value is -4.58. The first-order valence-corrected chi connectivity index (χ1v) is 20.5. The molecule has 1 aliphatic heterocycles. The predicted molar refractivity (Wildman–Crippen MR) is 214 cm³/mol. The number of fused-ring (bicyclic) bond motifs is 1. The highest BCUT2D eigenvalue weighted by Crippen LogP contribution is 2.29. The van der Waals surface area contributed by atoms with Crippen molar-refractivity contribution in [2.45, 2.75) is 114 Å². The summed E-state index contributed by atoms with van der Waals surface area (Å²) in [4.78, 5) is 62.4. The molecule has 2 heterocycles. The lowest BCUT2D eigenvalue weighted by molar-refractivity contribution is -0.139. The van der Waals surface area contributed by atoms with Crippen molar-refractivity contribution >= 4 is 46.3 Å². The monoisotopic (exact) mass is 784 g/mol. The summed E-state index contributed by atoms with van der Waals surface area (Å²) in [5.74, 6) is -1.76. The second-order valence-electron chi connectivity index (χ2n) is 15.0. The molecule has 4 atom stereocenters. The van der Waals surface area contributed by atoms with Crippen molar-refractivity contribution in [1.29, 1.82) is 0 Å². The van der Waals surface area contributed by atoms with E-state index in [1.165, 1.54) is 0 Å². The summed E-state index contributed by atoms with van der Waals surface area (Å²) in [6.45, 7) is 0.862. The van der Waals surface area contributed by atoms with Crippen molar-refractivity contribution in [3.05, 3.63) is 101 Å². The molecule has 2 amide bonds. The van der Waals surface area contributed by atoms with E-state index in [4.69, 9.17) is 31.2 Å². The molecule has 6 rings (SSSR count). The third-order valence-corrected chi connectivity index (χ3v) is 11.1. The van der Waals surface area contributed by atoms with Gasteiger partial charge in [0.15, 0.2) is 11.4 Å². The lowest BCUT2D eigenvalue weighted by Crippen LogP contribution is -2.52. The molecule has 1 aromatic heterocycles. The van der Waals surface area contributed by atoms with E-state index in [1.807, 2.05) is 48.5 Å². The average Bonchev–Trinajstić information content (AvgIpc) is 3.85. The average molecular weight is 785 g/mol. The van der Waals surface area contributed by atoms with Gasteiger partial charge in [0.1, 0.15) is 17.7 Å². The maximum Gasteiger partial charge on any atom is 0.408 e. The van der Waals surface area contributed by atoms with Gasteiger partial charge in [-0.3, -0.25) is 14.4 Å². The first-order valence-electron chi connectivity index (χ1n) is 20.1. The molecule has 56 heavy (non-hydrogen) atoms.